The zero-order valence-corrected chi connectivity index (χ0v) is 8.77. The molecule has 2 aliphatic heterocycles. The van der Waals surface area contributed by atoms with Gasteiger partial charge in [-0.05, 0) is 29.4 Å². The monoisotopic (exact) mass is 204 g/mol. The second-order valence-corrected chi connectivity index (χ2v) is 4.77. The number of rotatable bonds is 0. The zero-order chi connectivity index (χ0) is 9.38. The largest absolute Gasteiger partial charge is 0.489 e. The highest BCUT2D eigenvalue weighted by Gasteiger charge is 2.21. The van der Waals surface area contributed by atoms with E-state index in [1.165, 1.54) is 28.9 Å². The lowest BCUT2D eigenvalue weighted by molar-refractivity contribution is 0.342. The molecule has 0 spiro atoms. The summed E-state index contributed by atoms with van der Waals surface area (Å²) in [4.78, 5) is 0. The standard InChI is InChI=1S/C12H12OS/c1-2-4-12-10(3-1)11-8-14-6-5-9(11)7-13-12/h1-4H,5-8H2. The Kier molecular flexibility index (Phi) is 2.02. The van der Waals surface area contributed by atoms with Crippen LogP contribution in [0.2, 0.25) is 0 Å². The summed E-state index contributed by atoms with van der Waals surface area (Å²) in [6.07, 6.45) is 1.20. The van der Waals surface area contributed by atoms with Gasteiger partial charge >= 0.3 is 0 Å². The van der Waals surface area contributed by atoms with E-state index in [0.29, 0.717) is 0 Å². The SMILES string of the molecule is c1ccc2c(c1)OCC1=C2CSCC1. The Balaban J connectivity index is 2.13. The Bertz CT molecular complexity index is 395. The van der Waals surface area contributed by atoms with Crippen LogP contribution >= 0.6 is 11.8 Å². The van der Waals surface area contributed by atoms with Gasteiger partial charge in [-0.3, -0.25) is 0 Å². The molecule has 1 aromatic carbocycles. The first-order valence-corrected chi connectivity index (χ1v) is 6.11. The number of thioether (sulfide) groups is 1. The van der Waals surface area contributed by atoms with E-state index in [1.54, 1.807) is 0 Å². The summed E-state index contributed by atoms with van der Waals surface area (Å²) in [5.41, 5.74) is 4.37. The van der Waals surface area contributed by atoms with Crippen LogP contribution in [0, 0.1) is 0 Å². The van der Waals surface area contributed by atoms with Gasteiger partial charge in [0.1, 0.15) is 12.4 Å². The molecule has 0 unspecified atom stereocenters. The molecule has 0 aliphatic carbocycles. The van der Waals surface area contributed by atoms with E-state index in [-0.39, 0.29) is 0 Å². The molecule has 3 rings (SSSR count). The van der Waals surface area contributed by atoms with Gasteiger partial charge in [0, 0.05) is 11.3 Å². The first-order valence-electron chi connectivity index (χ1n) is 4.96. The fourth-order valence-corrected chi connectivity index (χ4v) is 3.16. The highest BCUT2D eigenvalue weighted by molar-refractivity contribution is 7.99. The van der Waals surface area contributed by atoms with Crippen molar-refractivity contribution in [1.29, 1.82) is 0 Å². The van der Waals surface area contributed by atoms with Crippen LogP contribution in [0.1, 0.15) is 12.0 Å². The van der Waals surface area contributed by atoms with Crippen molar-refractivity contribution in [3.05, 3.63) is 35.4 Å². The fraction of sp³-hybridized carbons (Fsp3) is 0.333. The van der Waals surface area contributed by atoms with Crippen LogP contribution in [0.5, 0.6) is 5.75 Å². The molecule has 0 atom stereocenters. The first-order chi connectivity index (χ1) is 6.95. The predicted octanol–water partition coefficient (Wildman–Crippen LogP) is 2.97. The minimum absolute atomic E-state index is 0.812. The van der Waals surface area contributed by atoms with Crippen LogP contribution in [-0.4, -0.2) is 18.1 Å². The zero-order valence-electron chi connectivity index (χ0n) is 7.95. The van der Waals surface area contributed by atoms with Gasteiger partial charge in [0.25, 0.3) is 0 Å². The highest BCUT2D eigenvalue weighted by atomic mass is 32.2. The molecular weight excluding hydrogens is 192 g/mol. The van der Waals surface area contributed by atoms with Crippen LogP contribution in [0.4, 0.5) is 0 Å². The normalized spacial score (nSPS) is 19.7. The minimum Gasteiger partial charge on any atom is -0.489 e. The number of benzene rings is 1. The maximum absolute atomic E-state index is 5.73. The van der Waals surface area contributed by atoms with Gasteiger partial charge in [0.2, 0.25) is 0 Å². The van der Waals surface area contributed by atoms with E-state index in [4.69, 9.17) is 4.74 Å². The van der Waals surface area contributed by atoms with Gasteiger partial charge in [0.05, 0.1) is 0 Å². The van der Waals surface area contributed by atoms with Gasteiger partial charge in [-0.25, -0.2) is 0 Å². The molecule has 0 aromatic heterocycles. The maximum Gasteiger partial charge on any atom is 0.127 e. The highest BCUT2D eigenvalue weighted by Crippen LogP contribution is 2.38. The first kappa shape index (κ1) is 8.42. The lowest BCUT2D eigenvalue weighted by Gasteiger charge is -2.27. The van der Waals surface area contributed by atoms with Gasteiger partial charge < -0.3 is 4.74 Å². The number of para-hydroxylation sites is 1. The van der Waals surface area contributed by atoms with Crippen molar-refractivity contribution in [3.63, 3.8) is 0 Å². The molecule has 72 valence electrons. The summed E-state index contributed by atoms with van der Waals surface area (Å²) in [6.45, 7) is 0.812. The third-order valence-corrected chi connectivity index (χ3v) is 3.82. The smallest absolute Gasteiger partial charge is 0.127 e. The second-order valence-electron chi connectivity index (χ2n) is 3.67. The van der Waals surface area contributed by atoms with Gasteiger partial charge in [-0.15, -0.1) is 0 Å². The molecule has 1 nitrogen and oxygen atoms in total. The van der Waals surface area contributed by atoms with Crippen molar-refractivity contribution < 1.29 is 4.74 Å². The Morgan fingerprint density at radius 2 is 2.14 bits per heavy atom. The van der Waals surface area contributed by atoms with Gasteiger partial charge in [-0.2, -0.15) is 11.8 Å². The molecule has 0 amide bonds. The maximum atomic E-state index is 5.73. The average Bonchev–Trinajstić information content (AvgIpc) is 2.29. The predicted molar refractivity (Wildman–Crippen MR) is 60.8 cm³/mol. The molecule has 0 fully saturated rings. The minimum atomic E-state index is 0.812. The molecule has 0 N–H and O–H groups in total. The molecule has 2 heteroatoms. The van der Waals surface area contributed by atoms with E-state index in [9.17, 15) is 0 Å². The Morgan fingerprint density at radius 1 is 1.21 bits per heavy atom. The average molecular weight is 204 g/mol. The molecule has 2 heterocycles. The van der Waals surface area contributed by atoms with Crippen LogP contribution in [-0.2, 0) is 0 Å². The van der Waals surface area contributed by atoms with E-state index in [0.717, 1.165) is 18.1 Å². The summed E-state index contributed by atoms with van der Waals surface area (Å²) in [5, 5.41) is 0. The Hall–Kier alpha value is -0.890. The van der Waals surface area contributed by atoms with Crippen LogP contribution in [0.15, 0.2) is 29.8 Å². The number of hydrogen-bond donors (Lipinski definition) is 0. The summed E-state index contributed by atoms with van der Waals surface area (Å²) in [5.74, 6) is 3.48. The summed E-state index contributed by atoms with van der Waals surface area (Å²) < 4.78 is 5.73. The van der Waals surface area contributed by atoms with E-state index < -0.39 is 0 Å². The summed E-state index contributed by atoms with van der Waals surface area (Å²) >= 11 is 2.03. The van der Waals surface area contributed by atoms with Crippen LogP contribution in [0.25, 0.3) is 5.57 Å². The Labute approximate surface area is 88.2 Å². The molecule has 0 saturated heterocycles. The van der Waals surface area contributed by atoms with Gasteiger partial charge in [0.15, 0.2) is 0 Å². The van der Waals surface area contributed by atoms with Crippen molar-refractivity contribution in [2.45, 2.75) is 6.42 Å². The van der Waals surface area contributed by atoms with Gasteiger partial charge in [-0.1, -0.05) is 18.2 Å². The number of fused-ring (bicyclic) bond motifs is 2. The summed E-state index contributed by atoms with van der Waals surface area (Å²) in [6, 6.07) is 8.38. The fourth-order valence-electron chi connectivity index (χ4n) is 2.06. The summed E-state index contributed by atoms with van der Waals surface area (Å²) in [7, 11) is 0. The van der Waals surface area contributed by atoms with E-state index in [1.807, 2.05) is 17.8 Å². The van der Waals surface area contributed by atoms with Crippen molar-refractivity contribution in [2.75, 3.05) is 18.1 Å². The van der Waals surface area contributed by atoms with Crippen LogP contribution < -0.4 is 4.74 Å². The second kappa shape index (κ2) is 3.35. The third-order valence-electron chi connectivity index (χ3n) is 2.84. The van der Waals surface area contributed by atoms with Crippen molar-refractivity contribution in [1.82, 2.24) is 0 Å². The topological polar surface area (TPSA) is 9.23 Å². The van der Waals surface area contributed by atoms with E-state index >= 15 is 0 Å². The third kappa shape index (κ3) is 1.25. The van der Waals surface area contributed by atoms with E-state index in [2.05, 4.69) is 18.2 Å². The quantitative estimate of drug-likeness (QED) is 0.642. The lowest BCUT2D eigenvalue weighted by atomic mass is 9.97. The van der Waals surface area contributed by atoms with Crippen molar-refractivity contribution >= 4 is 17.3 Å². The Morgan fingerprint density at radius 3 is 3.14 bits per heavy atom. The molecule has 0 saturated carbocycles. The molecule has 14 heavy (non-hydrogen) atoms. The number of hydrogen-bond acceptors (Lipinski definition) is 2. The van der Waals surface area contributed by atoms with Crippen molar-refractivity contribution in [2.24, 2.45) is 0 Å². The molecule has 1 aromatic rings. The molecule has 2 aliphatic rings. The molecular formula is C12H12OS. The molecule has 0 bridgehead atoms. The van der Waals surface area contributed by atoms with Crippen molar-refractivity contribution in [3.8, 4) is 5.75 Å². The lowest BCUT2D eigenvalue weighted by Crippen LogP contribution is -2.15. The number of ether oxygens (including phenoxy) is 1. The molecule has 0 radical (unpaired) electrons. The van der Waals surface area contributed by atoms with Crippen LogP contribution in [0.3, 0.4) is 0 Å².